The maximum absolute atomic E-state index is 2.28. The molecule has 0 aliphatic heterocycles. The number of fused-ring (bicyclic) bond motifs is 1. The number of hydrogen-bond donors (Lipinski definition) is 0. The van der Waals surface area contributed by atoms with E-state index in [2.05, 4.69) is 72.1 Å². The van der Waals surface area contributed by atoms with E-state index in [0.29, 0.717) is 0 Å². The van der Waals surface area contributed by atoms with Gasteiger partial charge in [0.15, 0.2) is 0 Å². The molecule has 0 nitrogen and oxygen atoms in total. The molecule has 0 saturated carbocycles. The summed E-state index contributed by atoms with van der Waals surface area (Å²) in [5.74, 6) is 0. The molecule has 2 aromatic carbocycles. The van der Waals surface area contributed by atoms with Gasteiger partial charge in [0, 0.05) is 4.70 Å². The predicted molar refractivity (Wildman–Crippen MR) is 85.6 cm³/mol. The maximum atomic E-state index is 2.28. The van der Waals surface area contributed by atoms with Crippen molar-refractivity contribution in [2.45, 2.75) is 12.8 Å². The Labute approximate surface area is 118 Å². The number of allylic oxidation sites excluding steroid dienone is 1. The van der Waals surface area contributed by atoms with Crippen LogP contribution in [0.5, 0.6) is 0 Å². The zero-order valence-corrected chi connectivity index (χ0v) is 11.6. The summed E-state index contributed by atoms with van der Waals surface area (Å²) in [5.41, 5.74) is 2.75. The van der Waals surface area contributed by atoms with Crippen LogP contribution in [0.25, 0.3) is 16.2 Å². The summed E-state index contributed by atoms with van der Waals surface area (Å²) in [5, 5.41) is 3.60. The Hall–Kier alpha value is -1.86. The first-order valence-electron chi connectivity index (χ1n) is 6.60. The zero-order chi connectivity index (χ0) is 12.9. The lowest BCUT2D eigenvalue weighted by molar-refractivity contribution is 1.01. The summed E-state index contributed by atoms with van der Waals surface area (Å²) >= 11 is 1.82. The molecule has 0 unspecified atom stereocenters. The van der Waals surface area contributed by atoms with Crippen molar-refractivity contribution in [1.82, 2.24) is 0 Å². The van der Waals surface area contributed by atoms with Crippen molar-refractivity contribution in [1.29, 1.82) is 0 Å². The molecule has 94 valence electrons. The van der Waals surface area contributed by atoms with Gasteiger partial charge in [-0.05, 0) is 40.8 Å². The molecular formula is C18H16S. The third kappa shape index (κ3) is 2.94. The Bertz CT molecular complexity index is 677. The molecule has 1 heterocycles. The number of benzene rings is 2. The van der Waals surface area contributed by atoms with Gasteiger partial charge < -0.3 is 0 Å². The standard InChI is InChI=1S/C18H16S/c1-2-8-15(9-3-1)10-4-5-11-16-14-19-18-13-7-6-12-17(16)18/h1-3,5-9,11-14H,4,10H2/b11-5+. The van der Waals surface area contributed by atoms with E-state index >= 15 is 0 Å². The lowest BCUT2D eigenvalue weighted by atomic mass is 10.1. The summed E-state index contributed by atoms with van der Waals surface area (Å²) in [6.45, 7) is 0. The van der Waals surface area contributed by atoms with Gasteiger partial charge >= 0.3 is 0 Å². The van der Waals surface area contributed by atoms with E-state index in [1.54, 1.807) is 0 Å². The minimum Gasteiger partial charge on any atom is -0.143 e. The summed E-state index contributed by atoms with van der Waals surface area (Å²) < 4.78 is 1.37. The molecule has 3 rings (SSSR count). The monoisotopic (exact) mass is 264 g/mol. The first-order valence-corrected chi connectivity index (χ1v) is 7.48. The molecule has 0 aliphatic rings. The minimum atomic E-state index is 1.09. The minimum absolute atomic E-state index is 1.09. The van der Waals surface area contributed by atoms with Gasteiger partial charge in [-0.1, -0.05) is 60.7 Å². The Morgan fingerprint density at radius 2 is 1.68 bits per heavy atom. The highest BCUT2D eigenvalue weighted by Crippen LogP contribution is 2.26. The lowest BCUT2D eigenvalue weighted by Crippen LogP contribution is -1.81. The lowest BCUT2D eigenvalue weighted by Gasteiger charge is -1.96. The van der Waals surface area contributed by atoms with Crippen molar-refractivity contribution in [3.8, 4) is 0 Å². The molecule has 0 saturated heterocycles. The molecule has 19 heavy (non-hydrogen) atoms. The quantitative estimate of drug-likeness (QED) is 0.579. The predicted octanol–water partition coefficient (Wildman–Crippen LogP) is 5.55. The molecule has 1 heteroatoms. The average molecular weight is 264 g/mol. The molecule has 0 aliphatic carbocycles. The molecule has 1 aromatic heterocycles. The van der Waals surface area contributed by atoms with Crippen molar-refractivity contribution < 1.29 is 0 Å². The van der Waals surface area contributed by atoms with Crippen LogP contribution in [0.15, 0.2) is 66.1 Å². The Morgan fingerprint density at radius 1 is 0.895 bits per heavy atom. The highest BCUT2D eigenvalue weighted by atomic mass is 32.1. The zero-order valence-electron chi connectivity index (χ0n) is 10.8. The third-order valence-electron chi connectivity index (χ3n) is 3.25. The van der Waals surface area contributed by atoms with Crippen molar-refractivity contribution in [3.63, 3.8) is 0 Å². The second-order valence-corrected chi connectivity index (χ2v) is 5.53. The molecule has 0 radical (unpaired) electrons. The fourth-order valence-corrected chi connectivity index (χ4v) is 3.16. The molecule has 0 spiro atoms. The fraction of sp³-hybridized carbons (Fsp3) is 0.111. The maximum Gasteiger partial charge on any atom is 0.0348 e. The van der Waals surface area contributed by atoms with Gasteiger partial charge in [-0.2, -0.15) is 0 Å². The van der Waals surface area contributed by atoms with E-state index in [1.807, 2.05) is 11.3 Å². The van der Waals surface area contributed by atoms with E-state index in [9.17, 15) is 0 Å². The van der Waals surface area contributed by atoms with Crippen LogP contribution < -0.4 is 0 Å². The number of aryl methyl sites for hydroxylation is 1. The number of rotatable bonds is 4. The van der Waals surface area contributed by atoms with Gasteiger partial charge in [-0.3, -0.25) is 0 Å². The van der Waals surface area contributed by atoms with Gasteiger partial charge in [0.05, 0.1) is 0 Å². The first kappa shape index (κ1) is 12.2. The van der Waals surface area contributed by atoms with E-state index in [1.165, 1.54) is 21.2 Å². The van der Waals surface area contributed by atoms with Gasteiger partial charge in [-0.15, -0.1) is 11.3 Å². The highest BCUT2D eigenvalue weighted by molar-refractivity contribution is 7.17. The van der Waals surface area contributed by atoms with Crippen LogP contribution in [-0.4, -0.2) is 0 Å². The van der Waals surface area contributed by atoms with Crippen LogP contribution in [0.3, 0.4) is 0 Å². The van der Waals surface area contributed by atoms with E-state index in [-0.39, 0.29) is 0 Å². The Kier molecular flexibility index (Phi) is 3.75. The highest BCUT2D eigenvalue weighted by Gasteiger charge is 1.98. The summed E-state index contributed by atoms with van der Waals surface area (Å²) in [6, 6.07) is 19.2. The van der Waals surface area contributed by atoms with Crippen LogP contribution in [0.1, 0.15) is 17.5 Å². The molecular weight excluding hydrogens is 248 g/mol. The molecule has 3 aromatic rings. The Balaban J connectivity index is 1.67. The molecule has 0 amide bonds. The van der Waals surface area contributed by atoms with Crippen molar-refractivity contribution in [3.05, 3.63) is 77.2 Å². The van der Waals surface area contributed by atoms with E-state index in [0.717, 1.165) is 12.8 Å². The first-order chi connectivity index (χ1) is 9.43. The van der Waals surface area contributed by atoms with Crippen LogP contribution in [-0.2, 0) is 6.42 Å². The summed E-state index contributed by atoms with van der Waals surface area (Å²) in [6.07, 6.45) is 6.73. The van der Waals surface area contributed by atoms with Crippen molar-refractivity contribution in [2.24, 2.45) is 0 Å². The smallest absolute Gasteiger partial charge is 0.0348 e. The van der Waals surface area contributed by atoms with Crippen LogP contribution in [0, 0.1) is 0 Å². The van der Waals surface area contributed by atoms with Gasteiger partial charge in [-0.25, -0.2) is 0 Å². The van der Waals surface area contributed by atoms with Gasteiger partial charge in [0.1, 0.15) is 0 Å². The third-order valence-corrected chi connectivity index (χ3v) is 4.23. The number of hydrogen-bond acceptors (Lipinski definition) is 1. The summed E-state index contributed by atoms with van der Waals surface area (Å²) in [7, 11) is 0. The van der Waals surface area contributed by atoms with Gasteiger partial charge in [0.2, 0.25) is 0 Å². The van der Waals surface area contributed by atoms with Crippen LogP contribution in [0.4, 0.5) is 0 Å². The molecule has 0 atom stereocenters. The topological polar surface area (TPSA) is 0 Å². The fourth-order valence-electron chi connectivity index (χ4n) is 2.23. The second-order valence-electron chi connectivity index (χ2n) is 4.61. The van der Waals surface area contributed by atoms with Crippen LogP contribution >= 0.6 is 11.3 Å². The van der Waals surface area contributed by atoms with Crippen LogP contribution in [0.2, 0.25) is 0 Å². The normalized spacial score (nSPS) is 11.4. The largest absolute Gasteiger partial charge is 0.143 e. The summed E-state index contributed by atoms with van der Waals surface area (Å²) in [4.78, 5) is 0. The van der Waals surface area contributed by atoms with E-state index < -0.39 is 0 Å². The molecule has 0 N–H and O–H groups in total. The molecule has 0 bridgehead atoms. The Morgan fingerprint density at radius 3 is 2.58 bits per heavy atom. The van der Waals surface area contributed by atoms with E-state index in [4.69, 9.17) is 0 Å². The number of thiophene rings is 1. The van der Waals surface area contributed by atoms with Crippen molar-refractivity contribution in [2.75, 3.05) is 0 Å². The molecule has 0 fully saturated rings. The average Bonchev–Trinajstić information content (AvgIpc) is 2.88. The van der Waals surface area contributed by atoms with Crippen molar-refractivity contribution >= 4 is 27.5 Å². The van der Waals surface area contributed by atoms with Gasteiger partial charge in [0.25, 0.3) is 0 Å². The SMILES string of the molecule is C(=C\c1csc2ccccc12)/CCc1ccccc1. The second kappa shape index (κ2) is 5.85.